The van der Waals surface area contributed by atoms with E-state index in [9.17, 15) is 9.59 Å². The summed E-state index contributed by atoms with van der Waals surface area (Å²) < 4.78 is 5.56. The Labute approximate surface area is 171 Å². The van der Waals surface area contributed by atoms with Crippen LogP contribution in [-0.4, -0.2) is 48.0 Å². The molecular formula is C23H27N3O3. The number of likely N-dealkylation sites (tertiary alicyclic amines) is 1. The molecule has 1 aromatic carbocycles. The zero-order valence-corrected chi connectivity index (χ0v) is 16.8. The van der Waals surface area contributed by atoms with Crippen molar-refractivity contribution in [3.63, 3.8) is 0 Å². The molecule has 6 nitrogen and oxygen atoms in total. The number of nitrogens with one attached hydrogen (secondary N) is 1. The van der Waals surface area contributed by atoms with Crippen molar-refractivity contribution in [3.8, 4) is 0 Å². The molecule has 0 bridgehead atoms. The molecule has 2 aliphatic heterocycles. The molecule has 3 heterocycles. The average molecular weight is 393 g/mol. The number of pyridine rings is 1. The van der Waals surface area contributed by atoms with Crippen LogP contribution in [0.5, 0.6) is 0 Å². The van der Waals surface area contributed by atoms with E-state index in [1.807, 2.05) is 42.2 Å². The molecule has 1 N–H and O–H groups in total. The number of ether oxygens (including phenoxy) is 1. The summed E-state index contributed by atoms with van der Waals surface area (Å²) in [4.78, 5) is 32.1. The first kappa shape index (κ1) is 19.6. The van der Waals surface area contributed by atoms with Gasteiger partial charge in [-0.15, -0.1) is 0 Å². The van der Waals surface area contributed by atoms with E-state index in [2.05, 4.69) is 10.3 Å². The SMILES string of the molecule is Cc1ccc(CC(=O)N2C[C@@H](C(=O)Nc3cccnc3)C3(CCOCC3)C2)cc1. The summed E-state index contributed by atoms with van der Waals surface area (Å²) in [6, 6.07) is 11.7. The number of benzene rings is 1. The molecule has 4 rings (SSSR count). The van der Waals surface area contributed by atoms with Crippen molar-refractivity contribution in [1.29, 1.82) is 0 Å². The minimum absolute atomic E-state index is 0.0365. The summed E-state index contributed by atoms with van der Waals surface area (Å²) in [5, 5.41) is 2.99. The predicted molar refractivity (Wildman–Crippen MR) is 110 cm³/mol. The Morgan fingerprint density at radius 3 is 2.66 bits per heavy atom. The monoisotopic (exact) mass is 393 g/mol. The highest BCUT2D eigenvalue weighted by atomic mass is 16.5. The molecule has 0 aliphatic carbocycles. The second kappa shape index (κ2) is 8.33. The lowest BCUT2D eigenvalue weighted by molar-refractivity contribution is -0.130. The van der Waals surface area contributed by atoms with Crippen LogP contribution in [0, 0.1) is 18.3 Å². The van der Waals surface area contributed by atoms with Gasteiger partial charge in [0.05, 0.1) is 24.2 Å². The first-order chi connectivity index (χ1) is 14.1. The van der Waals surface area contributed by atoms with Crippen LogP contribution in [0.2, 0.25) is 0 Å². The maximum absolute atomic E-state index is 13.1. The normalized spacial score (nSPS) is 20.6. The number of aryl methyl sites for hydroxylation is 1. The van der Waals surface area contributed by atoms with Gasteiger partial charge in [0.15, 0.2) is 0 Å². The van der Waals surface area contributed by atoms with Gasteiger partial charge in [0.1, 0.15) is 0 Å². The number of anilines is 1. The molecule has 2 aliphatic rings. The van der Waals surface area contributed by atoms with Crippen molar-refractivity contribution >= 4 is 17.5 Å². The molecule has 1 spiro atoms. The van der Waals surface area contributed by atoms with E-state index in [1.165, 1.54) is 5.56 Å². The molecule has 0 saturated carbocycles. The molecule has 2 fully saturated rings. The predicted octanol–water partition coefficient (Wildman–Crippen LogP) is 2.83. The largest absolute Gasteiger partial charge is 0.381 e. The van der Waals surface area contributed by atoms with E-state index < -0.39 is 0 Å². The van der Waals surface area contributed by atoms with E-state index in [-0.39, 0.29) is 23.1 Å². The summed E-state index contributed by atoms with van der Waals surface area (Å²) in [6.45, 7) is 4.38. The van der Waals surface area contributed by atoms with E-state index in [0.29, 0.717) is 38.4 Å². The van der Waals surface area contributed by atoms with Crippen LogP contribution in [0.15, 0.2) is 48.8 Å². The van der Waals surface area contributed by atoms with E-state index in [4.69, 9.17) is 4.74 Å². The number of carbonyl (C=O) groups is 2. The Morgan fingerprint density at radius 2 is 1.97 bits per heavy atom. The zero-order chi connectivity index (χ0) is 20.3. The van der Waals surface area contributed by atoms with Crippen LogP contribution < -0.4 is 5.32 Å². The Hall–Kier alpha value is -2.73. The second-order valence-electron chi connectivity index (χ2n) is 8.19. The maximum Gasteiger partial charge on any atom is 0.229 e. The van der Waals surface area contributed by atoms with Gasteiger partial charge >= 0.3 is 0 Å². The van der Waals surface area contributed by atoms with Crippen LogP contribution in [0.3, 0.4) is 0 Å². The van der Waals surface area contributed by atoms with Gasteiger partial charge in [-0.3, -0.25) is 14.6 Å². The highest BCUT2D eigenvalue weighted by Gasteiger charge is 2.51. The third kappa shape index (κ3) is 4.32. The van der Waals surface area contributed by atoms with Crippen molar-refractivity contribution < 1.29 is 14.3 Å². The summed E-state index contributed by atoms with van der Waals surface area (Å²) in [5.41, 5.74) is 2.65. The molecule has 29 heavy (non-hydrogen) atoms. The van der Waals surface area contributed by atoms with Gasteiger partial charge in [0, 0.05) is 37.9 Å². The van der Waals surface area contributed by atoms with Crippen molar-refractivity contribution in [2.24, 2.45) is 11.3 Å². The number of hydrogen-bond acceptors (Lipinski definition) is 4. The molecule has 152 valence electrons. The van der Waals surface area contributed by atoms with Crippen LogP contribution in [-0.2, 0) is 20.7 Å². The van der Waals surface area contributed by atoms with Crippen molar-refractivity contribution in [3.05, 3.63) is 59.9 Å². The summed E-state index contributed by atoms with van der Waals surface area (Å²) in [7, 11) is 0. The average Bonchev–Trinajstić information content (AvgIpc) is 3.10. The Bertz CT molecular complexity index is 861. The fourth-order valence-corrected chi connectivity index (χ4v) is 4.46. The number of hydrogen-bond donors (Lipinski definition) is 1. The number of amides is 2. The lowest BCUT2D eigenvalue weighted by atomic mass is 9.71. The molecule has 0 unspecified atom stereocenters. The highest BCUT2D eigenvalue weighted by Crippen LogP contribution is 2.45. The summed E-state index contributed by atoms with van der Waals surface area (Å²) >= 11 is 0. The number of aromatic nitrogens is 1. The minimum Gasteiger partial charge on any atom is -0.381 e. The molecule has 2 aromatic rings. The molecule has 1 aromatic heterocycles. The van der Waals surface area contributed by atoms with Crippen LogP contribution in [0.1, 0.15) is 24.0 Å². The Kier molecular flexibility index (Phi) is 5.62. The summed E-state index contributed by atoms with van der Waals surface area (Å²) in [6.07, 6.45) is 5.28. The lowest BCUT2D eigenvalue weighted by Crippen LogP contribution is -2.42. The lowest BCUT2D eigenvalue weighted by Gasteiger charge is -2.37. The topological polar surface area (TPSA) is 71.5 Å². The van der Waals surface area contributed by atoms with E-state index in [0.717, 1.165) is 18.4 Å². The first-order valence-corrected chi connectivity index (χ1v) is 10.2. The van der Waals surface area contributed by atoms with Crippen molar-refractivity contribution in [2.45, 2.75) is 26.2 Å². The maximum atomic E-state index is 13.1. The first-order valence-electron chi connectivity index (χ1n) is 10.2. The van der Waals surface area contributed by atoms with Crippen LogP contribution in [0.25, 0.3) is 0 Å². The van der Waals surface area contributed by atoms with E-state index in [1.54, 1.807) is 18.5 Å². The van der Waals surface area contributed by atoms with Gasteiger partial charge in [-0.2, -0.15) is 0 Å². The highest BCUT2D eigenvalue weighted by molar-refractivity contribution is 5.94. The molecular weight excluding hydrogens is 366 g/mol. The quantitative estimate of drug-likeness (QED) is 0.867. The van der Waals surface area contributed by atoms with E-state index >= 15 is 0 Å². The van der Waals surface area contributed by atoms with Crippen LogP contribution in [0.4, 0.5) is 5.69 Å². The van der Waals surface area contributed by atoms with Gasteiger partial charge in [-0.25, -0.2) is 0 Å². The Balaban J connectivity index is 1.50. The smallest absolute Gasteiger partial charge is 0.229 e. The third-order valence-corrected chi connectivity index (χ3v) is 6.21. The molecule has 2 amide bonds. The fourth-order valence-electron chi connectivity index (χ4n) is 4.46. The minimum atomic E-state index is -0.242. The zero-order valence-electron chi connectivity index (χ0n) is 16.8. The molecule has 6 heteroatoms. The number of rotatable bonds is 4. The molecule has 0 radical (unpaired) electrons. The third-order valence-electron chi connectivity index (χ3n) is 6.21. The van der Waals surface area contributed by atoms with Gasteiger partial charge in [-0.05, 0) is 37.5 Å². The number of nitrogens with zero attached hydrogens (tertiary/aromatic N) is 2. The van der Waals surface area contributed by atoms with Crippen molar-refractivity contribution in [2.75, 3.05) is 31.6 Å². The van der Waals surface area contributed by atoms with Crippen LogP contribution >= 0.6 is 0 Å². The fraction of sp³-hybridized carbons (Fsp3) is 0.435. The van der Waals surface area contributed by atoms with Gasteiger partial charge in [0.25, 0.3) is 0 Å². The number of carbonyl (C=O) groups excluding carboxylic acids is 2. The molecule has 1 atom stereocenters. The van der Waals surface area contributed by atoms with Gasteiger partial charge in [0.2, 0.25) is 11.8 Å². The standard InChI is InChI=1S/C23H27N3O3/c1-17-4-6-18(7-5-17)13-21(27)26-15-20(23(16-26)8-11-29-12-9-23)22(28)25-19-3-2-10-24-14-19/h2-7,10,14,20H,8-9,11-13,15-16H2,1H3,(H,25,28)/t20-/m0/s1. The van der Waals surface area contributed by atoms with Gasteiger partial charge in [-0.1, -0.05) is 29.8 Å². The second-order valence-corrected chi connectivity index (χ2v) is 8.19. The van der Waals surface area contributed by atoms with Crippen molar-refractivity contribution in [1.82, 2.24) is 9.88 Å². The molecule has 2 saturated heterocycles. The Morgan fingerprint density at radius 1 is 1.21 bits per heavy atom. The van der Waals surface area contributed by atoms with Gasteiger partial charge < -0.3 is 15.0 Å². The summed E-state index contributed by atoms with van der Waals surface area (Å²) in [5.74, 6) is -0.199.